The average Bonchev–Trinajstić information content (AvgIpc) is 2.70. The van der Waals surface area contributed by atoms with Crippen LogP contribution in [0.2, 0.25) is 25.7 Å². The Kier molecular flexibility index (Phi) is 9.01. The molecule has 0 unspecified atom stereocenters. The smallest absolute Gasteiger partial charge is 0.406 e. The average molecular weight is 489 g/mol. The van der Waals surface area contributed by atoms with Crippen LogP contribution in [0.25, 0.3) is 0 Å². The van der Waals surface area contributed by atoms with Crippen molar-refractivity contribution in [2.45, 2.75) is 38.5 Å². The second-order valence-electron chi connectivity index (χ2n) is 8.39. The van der Waals surface area contributed by atoms with Gasteiger partial charge in [0.2, 0.25) is 0 Å². The summed E-state index contributed by atoms with van der Waals surface area (Å²) in [6.07, 6.45) is -3.30. The minimum Gasteiger partial charge on any atom is -0.435 e. The second kappa shape index (κ2) is 11.3. The number of aromatic nitrogens is 1. The summed E-state index contributed by atoms with van der Waals surface area (Å²) in [5.41, 5.74) is 0.630. The number of hydrogen-bond donors (Lipinski definition) is 1. The van der Waals surface area contributed by atoms with Crippen LogP contribution in [0.3, 0.4) is 0 Å². The van der Waals surface area contributed by atoms with Gasteiger partial charge in [-0.2, -0.15) is 27.2 Å². The van der Waals surface area contributed by atoms with Crippen LogP contribution in [0.5, 0.6) is 5.75 Å². The number of halogens is 5. The lowest BCUT2D eigenvalue weighted by molar-refractivity contribution is -0.122. The van der Waals surface area contributed by atoms with E-state index in [1.165, 1.54) is 36.5 Å². The Morgan fingerprint density at radius 1 is 1.18 bits per heavy atom. The summed E-state index contributed by atoms with van der Waals surface area (Å²) in [6, 6.07) is 9.48. The third-order valence-electron chi connectivity index (χ3n) is 4.32. The quantitative estimate of drug-likeness (QED) is 0.182. The number of nitriles is 1. The first-order chi connectivity index (χ1) is 15.4. The summed E-state index contributed by atoms with van der Waals surface area (Å²) < 4.78 is 73.9. The molecule has 1 aromatic heterocycles. The standard InChI is InChI=1S/C21H25F5N4O2Si/c1-33(2,3)9-8-31-14-30(13-21(24,25)26)16-10-18(19(11-27)28-12-16)29-15-4-6-17(7-5-15)32-20(22)23/h4-7,10,12,20,29H,8-9,13-14H2,1-3H3. The van der Waals surface area contributed by atoms with E-state index in [0.29, 0.717) is 12.3 Å². The van der Waals surface area contributed by atoms with Gasteiger partial charge in [-0.25, -0.2) is 4.98 Å². The van der Waals surface area contributed by atoms with Gasteiger partial charge in [-0.05, 0) is 36.4 Å². The predicted molar refractivity (Wildman–Crippen MR) is 118 cm³/mol. The molecule has 1 heterocycles. The third-order valence-corrected chi connectivity index (χ3v) is 6.02. The van der Waals surface area contributed by atoms with E-state index in [1.54, 1.807) is 0 Å². The van der Waals surface area contributed by atoms with E-state index in [0.717, 1.165) is 10.9 Å². The van der Waals surface area contributed by atoms with Crippen LogP contribution in [0, 0.1) is 11.3 Å². The summed E-state index contributed by atoms with van der Waals surface area (Å²) in [6.45, 7) is 2.23. The van der Waals surface area contributed by atoms with Gasteiger partial charge in [0.1, 0.15) is 25.1 Å². The molecular formula is C21H25F5N4O2Si. The van der Waals surface area contributed by atoms with E-state index in [4.69, 9.17) is 4.74 Å². The van der Waals surface area contributed by atoms with E-state index in [-0.39, 0.29) is 29.5 Å². The highest BCUT2D eigenvalue weighted by atomic mass is 28.3. The Bertz CT molecular complexity index is 944. The van der Waals surface area contributed by atoms with Crippen molar-refractivity contribution in [1.29, 1.82) is 5.26 Å². The molecule has 0 aliphatic heterocycles. The van der Waals surface area contributed by atoms with Crippen LogP contribution < -0.4 is 15.0 Å². The van der Waals surface area contributed by atoms with Crippen molar-refractivity contribution in [2.75, 3.05) is 30.1 Å². The molecule has 0 bridgehead atoms. The van der Waals surface area contributed by atoms with E-state index < -0.39 is 27.4 Å². The molecule has 0 atom stereocenters. The predicted octanol–water partition coefficient (Wildman–Crippen LogP) is 5.98. The summed E-state index contributed by atoms with van der Waals surface area (Å²) in [5.74, 6) is -0.0604. The van der Waals surface area contributed by atoms with Crippen molar-refractivity contribution in [3.63, 3.8) is 0 Å². The largest absolute Gasteiger partial charge is 0.435 e. The van der Waals surface area contributed by atoms with Crippen LogP contribution in [0.15, 0.2) is 36.5 Å². The van der Waals surface area contributed by atoms with E-state index in [2.05, 4.69) is 34.7 Å². The topological polar surface area (TPSA) is 70.4 Å². The molecule has 0 radical (unpaired) electrons. The highest BCUT2D eigenvalue weighted by Crippen LogP contribution is 2.28. The van der Waals surface area contributed by atoms with Crippen LogP contribution >= 0.6 is 0 Å². The zero-order valence-electron chi connectivity index (χ0n) is 18.4. The van der Waals surface area contributed by atoms with Gasteiger partial charge in [0, 0.05) is 20.4 Å². The maximum atomic E-state index is 13.2. The number of alkyl halides is 5. The van der Waals surface area contributed by atoms with E-state index in [9.17, 15) is 27.2 Å². The monoisotopic (exact) mass is 488 g/mol. The minimum absolute atomic E-state index is 0.0433. The molecule has 0 amide bonds. The molecule has 180 valence electrons. The Labute approximate surface area is 189 Å². The van der Waals surface area contributed by atoms with Gasteiger partial charge in [0.15, 0.2) is 5.69 Å². The molecule has 0 aliphatic carbocycles. The molecule has 6 nitrogen and oxygen atoms in total. The van der Waals surface area contributed by atoms with Crippen molar-refractivity contribution >= 4 is 25.1 Å². The number of hydrogen-bond acceptors (Lipinski definition) is 6. The molecule has 2 aromatic rings. The second-order valence-corrected chi connectivity index (χ2v) is 14.0. The number of anilines is 3. The molecule has 12 heteroatoms. The number of pyridine rings is 1. The molecular weight excluding hydrogens is 463 g/mol. The van der Waals surface area contributed by atoms with Crippen molar-refractivity contribution in [3.05, 3.63) is 42.2 Å². The Morgan fingerprint density at radius 2 is 1.85 bits per heavy atom. The van der Waals surface area contributed by atoms with Gasteiger partial charge in [-0.15, -0.1) is 0 Å². The van der Waals surface area contributed by atoms with Crippen molar-refractivity contribution in [3.8, 4) is 11.8 Å². The molecule has 0 fully saturated rings. The first kappa shape index (κ1) is 26.3. The lowest BCUT2D eigenvalue weighted by atomic mass is 10.2. The summed E-state index contributed by atoms with van der Waals surface area (Å²) in [4.78, 5) is 4.95. The summed E-state index contributed by atoms with van der Waals surface area (Å²) >= 11 is 0. The van der Waals surface area contributed by atoms with Gasteiger partial charge in [0.25, 0.3) is 0 Å². The van der Waals surface area contributed by atoms with Crippen molar-refractivity contribution in [2.24, 2.45) is 0 Å². The van der Waals surface area contributed by atoms with Crippen molar-refractivity contribution < 1.29 is 31.4 Å². The zero-order valence-corrected chi connectivity index (χ0v) is 19.4. The SMILES string of the molecule is C[Si](C)(C)CCOCN(CC(F)(F)F)c1cnc(C#N)c(Nc2ccc(OC(F)F)cc2)c1. The fourth-order valence-electron chi connectivity index (χ4n) is 2.67. The minimum atomic E-state index is -4.48. The molecule has 1 N–H and O–H groups in total. The van der Waals surface area contributed by atoms with Gasteiger partial charge in [0.05, 0.1) is 17.6 Å². The lowest BCUT2D eigenvalue weighted by Gasteiger charge is -2.26. The van der Waals surface area contributed by atoms with Gasteiger partial charge in [-0.3, -0.25) is 0 Å². The number of nitrogens with one attached hydrogen (secondary N) is 1. The first-order valence-electron chi connectivity index (χ1n) is 9.98. The number of benzene rings is 1. The molecule has 0 saturated heterocycles. The normalized spacial score (nSPS) is 11.9. The third kappa shape index (κ3) is 9.63. The Morgan fingerprint density at radius 3 is 2.39 bits per heavy atom. The fourth-order valence-corrected chi connectivity index (χ4v) is 3.42. The Hall–Kier alpha value is -2.91. The van der Waals surface area contributed by atoms with Gasteiger partial charge < -0.3 is 19.7 Å². The number of ether oxygens (including phenoxy) is 2. The lowest BCUT2D eigenvalue weighted by Crippen LogP contribution is -2.36. The molecule has 0 aliphatic rings. The molecule has 2 rings (SSSR count). The van der Waals surface area contributed by atoms with Crippen molar-refractivity contribution in [1.82, 2.24) is 4.98 Å². The zero-order chi connectivity index (χ0) is 24.6. The summed E-state index contributed by atoms with van der Waals surface area (Å²) in [7, 11) is -1.41. The fraction of sp³-hybridized carbons (Fsp3) is 0.429. The van der Waals surface area contributed by atoms with E-state index in [1.807, 2.05) is 6.07 Å². The van der Waals surface area contributed by atoms with Gasteiger partial charge in [-0.1, -0.05) is 19.6 Å². The van der Waals surface area contributed by atoms with Crippen LogP contribution in [0.1, 0.15) is 5.69 Å². The molecule has 1 aromatic carbocycles. The van der Waals surface area contributed by atoms with Crippen LogP contribution in [-0.4, -0.2) is 45.7 Å². The number of nitrogens with zero attached hydrogens (tertiary/aromatic N) is 3. The Balaban J connectivity index is 2.22. The first-order valence-corrected chi connectivity index (χ1v) is 13.7. The molecule has 0 spiro atoms. The summed E-state index contributed by atoms with van der Waals surface area (Å²) in [5, 5.41) is 12.2. The molecule has 33 heavy (non-hydrogen) atoms. The molecule has 0 saturated carbocycles. The maximum Gasteiger partial charge on any atom is 0.406 e. The van der Waals surface area contributed by atoms with Crippen LogP contribution in [-0.2, 0) is 4.74 Å². The number of rotatable bonds is 11. The van der Waals surface area contributed by atoms with Crippen LogP contribution in [0.4, 0.5) is 39.0 Å². The maximum absolute atomic E-state index is 13.2. The van der Waals surface area contributed by atoms with Gasteiger partial charge >= 0.3 is 12.8 Å². The van der Waals surface area contributed by atoms with E-state index >= 15 is 0 Å². The highest BCUT2D eigenvalue weighted by Gasteiger charge is 2.31. The highest BCUT2D eigenvalue weighted by molar-refractivity contribution is 6.76.